The van der Waals surface area contributed by atoms with Gasteiger partial charge in [-0.15, -0.1) is 0 Å². The number of esters is 1. The second-order valence-electron chi connectivity index (χ2n) is 5.99. The number of hydrogen-bond acceptors (Lipinski definition) is 6. The predicted molar refractivity (Wildman–Crippen MR) is 103 cm³/mol. The summed E-state index contributed by atoms with van der Waals surface area (Å²) < 4.78 is 5.38. The number of aromatic hydroxyl groups is 1. The number of aromatic nitrogens is 1. The molecule has 1 heterocycles. The standard InChI is InChI=1S/C20H12BrNO5/c1-9(23)27-10-6-7-11-13(8-10)19(25)15(18(11)24)17-20(26)16(21)12-4-2-3-5-14(12)22-17/h2-8,24,26H,1H3. The molecule has 2 aromatic carbocycles. The van der Waals surface area contributed by atoms with Crippen molar-refractivity contribution in [3.8, 4) is 11.5 Å². The average Bonchev–Trinajstić information content (AvgIpc) is 2.88. The van der Waals surface area contributed by atoms with E-state index in [1.54, 1.807) is 24.3 Å². The molecule has 1 aliphatic rings. The summed E-state index contributed by atoms with van der Waals surface area (Å²) in [6.07, 6.45) is 0. The Balaban J connectivity index is 1.89. The van der Waals surface area contributed by atoms with Crippen LogP contribution in [-0.2, 0) is 4.79 Å². The lowest BCUT2D eigenvalue weighted by molar-refractivity contribution is -0.131. The Hall–Kier alpha value is -3.19. The number of allylic oxidation sites excluding steroid dienone is 1. The maximum atomic E-state index is 12.9. The van der Waals surface area contributed by atoms with Gasteiger partial charge in [0.1, 0.15) is 17.2 Å². The molecule has 0 saturated heterocycles. The van der Waals surface area contributed by atoms with Crippen molar-refractivity contribution in [3.05, 3.63) is 63.8 Å². The van der Waals surface area contributed by atoms with Gasteiger partial charge in [-0.2, -0.15) is 0 Å². The number of aliphatic hydroxyl groups is 1. The summed E-state index contributed by atoms with van der Waals surface area (Å²) in [5.41, 5.74) is 0.896. The Morgan fingerprint density at radius 3 is 2.59 bits per heavy atom. The number of carbonyl (C=O) groups excluding carboxylic acids is 2. The smallest absolute Gasteiger partial charge is 0.308 e. The summed E-state index contributed by atoms with van der Waals surface area (Å²) in [7, 11) is 0. The van der Waals surface area contributed by atoms with Crippen LogP contribution in [0.4, 0.5) is 0 Å². The Labute approximate surface area is 161 Å². The van der Waals surface area contributed by atoms with Crippen molar-refractivity contribution in [3.63, 3.8) is 0 Å². The minimum Gasteiger partial charge on any atom is -0.506 e. The van der Waals surface area contributed by atoms with Crippen LogP contribution in [0.1, 0.15) is 28.5 Å². The summed E-state index contributed by atoms with van der Waals surface area (Å²) >= 11 is 3.33. The zero-order valence-electron chi connectivity index (χ0n) is 14.0. The lowest BCUT2D eigenvalue weighted by atomic mass is 10.0. The number of nitrogens with zero attached hydrogens (tertiary/aromatic N) is 1. The van der Waals surface area contributed by atoms with Gasteiger partial charge in [0.25, 0.3) is 0 Å². The minimum atomic E-state index is -0.518. The number of carbonyl (C=O) groups is 2. The van der Waals surface area contributed by atoms with Crippen LogP contribution >= 0.6 is 15.9 Å². The highest BCUT2D eigenvalue weighted by Gasteiger charge is 2.34. The molecule has 4 rings (SSSR count). The molecule has 3 aromatic rings. The van der Waals surface area contributed by atoms with E-state index in [0.717, 1.165) is 0 Å². The van der Waals surface area contributed by atoms with Gasteiger partial charge >= 0.3 is 5.97 Å². The van der Waals surface area contributed by atoms with E-state index in [2.05, 4.69) is 20.9 Å². The summed E-state index contributed by atoms with van der Waals surface area (Å²) in [5, 5.41) is 21.9. The molecule has 7 heteroatoms. The zero-order valence-corrected chi connectivity index (χ0v) is 15.6. The van der Waals surface area contributed by atoms with E-state index in [9.17, 15) is 19.8 Å². The Kier molecular flexibility index (Phi) is 3.96. The van der Waals surface area contributed by atoms with Gasteiger partial charge in [0.2, 0.25) is 0 Å². The van der Waals surface area contributed by atoms with Crippen molar-refractivity contribution in [1.82, 2.24) is 4.98 Å². The van der Waals surface area contributed by atoms with Gasteiger partial charge in [-0.25, -0.2) is 4.98 Å². The number of ether oxygens (including phenoxy) is 1. The van der Waals surface area contributed by atoms with E-state index in [1.807, 2.05) is 0 Å². The first-order chi connectivity index (χ1) is 12.9. The highest BCUT2D eigenvalue weighted by atomic mass is 79.9. The zero-order chi connectivity index (χ0) is 19.3. The molecular formula is C20H12BrNO5. The van der Waals surface area contributed by atoms with Crippen molar-refractivity contribution in [2.24, 2.45) is 0 Å². The fourth-order valence-electron chi connectivity index (χ4n) is 3.08. The first kappa shape index (κ1) is 17.2. The van der Waals surface area contributed by atoms with Crippen LogP contribution in [0, 0.1) is 0 Å². The van der Waals surface area contributed by atoms with E-state index < -0.39 is 11.8 Å². The normalized spacial score (nSPS) is 13.2. The molecule has 0 fully saturated rings. The maximum Gasteiger partial charge on any atom is 0.308 e. The van der Waals surface area contributed by atoms with E-state index in [1.165, 1.54) is 25.1 Å². The Morgan fingerprint density at radius 1 is 1.11 bits per heavy atom. The largest absolute Gasteiger partial charge is 0.506 e. The number of pyridine rings is 1. The lowest BCUT2D eigenvalue weighted by Gasteiger charge is -2.09. The van der Waals surface area contributed by atoms with Crippen molar-refractivity contribution in [2.45, 2.75) is 6.92 Å². The molecule has 134 valence electrons. The SMILES string of the molecule is CC(=O)Oc1ccc2c(c1)C(=O)C(c1nc3ccccc3c(Br)c1O)=C2O. The lowest BCUT2D eigenvalue weighted by Crippen LogP contribution is -2.04. The second kappa shape index (κ2) is 6.21. The van der Waals surface area contributed by atoms with E-state index in [-0.39, 0.29) is 39.7 Å². The van der Waals surface area contributed by atoms with Crippen LogP contribution in [0.5, 0.6) is 11.5 Å². The summed E-state index contributed by atoms with van der Waals surface area (Å²) in [5.74, 6) is -1.36. The minimum absolute atomic E-state index is 0.0201. The van der Waals surface area contributed by atoms with Crippen molar-refractivity contribution in [1.29, 1.82) is 0 Å². The van der Waals surface area contributed by atoms with Crippen LogP contribution in [-0.4, -0.2) is 26.9 Å². The molecule has 0 amide bonds. The third kappa shape index (κ3) is 2.67. The fraction of sp³-hybridized carbons (Fsp3) is 0.0500. The molecule has 0 atom stereocenters. The van der Waals surface area contributed by atoms with Crippen molar-refractivity contribution in [2.75, 3.05) is 0 Å². The molecule has 0 spiro atoms. The summed E-state index contributed by atoms with van der Waals surface area (Å²) in [6, 6.07) is 11.5. The van der Waals surface area contributed by atoms with Crippen LogP contribution in [0.2, 0.25) is 0 Å². The Bertz CT molecular complexity index is 1180. The van der Waals surface area contributed by atoms with Gasteiger partial charge in [-0.1, -0.05) is 18.2 Å². The molecule has 0 aliphatic heterocycles. The van der Waals surface area contributed by atoms with Crippen molar-refractivity contribution >= 4 is 49.9 Å². The highest BCUT2D eigenvalue weighted by Crippen LogP contribution is 2.43. The molecule has 1 aromatic heterocycles. The molecule has 0 radical (unpaired) electrons. The number of ketones is 1. The first-order valence-corrected chi connectivity index (χ1v) is 8.76. The van der Waals surface area contributed by atoms with E-state index in [4.69, 9.17) is 4.74 Å². The third-order valence-corrected chi connectivity index (χ3v) is 5.06. The third-order valence-electron chi connectivity index (χ3n) is 4.26. The van der Waals surface area contributed by atoms with Crippen LogP contribution in [0.15, 0.2) is 46.9 Å². The summed E-state index contributed by atoms with van der Waals surface area (Å²) in [6.45, 7) is 1.25. The molecule has 6 nitrogen and oxygen atoms in total. The quantitative estimate of drug-likeness (QED) is 0.470. The average molecular weight is 426 g/mol. The maximum absolute atomic E-state index is 12.9. The molecule has 2 N–H and O–H groups in total. The van der Waals surface area contributed by atoms with Crippen LogP contribution in [0.25, 0.3) is 22.2 Å². The second-order valence-corrected chi connectivity index (χ2v) is 6.79. The first-order valence-electron chi connectivity index (χ1n) is 7.97. The summed E-state index contributed by atoms with van der Waals surface area (Å²) in [4.78, 5) is 28.4. The van der Waals surface area contributed by atoms with Gasteiger partial charge in [-0.3, -0.25) is 9.59 Å². The number of fused-ring (bicyclic) bond motifs is 2. The number of para-hydroxylation sites is 1. The van der Waals surface area contributed by atoms with E-state index >= 15 is 0 Å². The number of rotatable bonds is 2. The van der Waals surface area contributed by atoms with Crippen LogP contribution < -0.4 is 4.74 Å². The van der Waals surface area contributed by atoms with Gasteiger partial charge in [0.05, 0.1) is 15.6 Å². The van der Waals surface area contributed by atoms with Crippen LogP contribution in [0.3, 0.4) is 0 Å². The van der Waals surface area contributed by atoms with E-state index in [0.29, 0.717) is 15.4 Å². The number of halogens is 1. The van der Waals surface area contributed by atoms with Crippen molar-refractivity contribution < 1.29 is 24.5 Å². The number of hydrogen-bond donors (Lipinski definition) is 2. The molecule has 0 bridgehead atoms. The number of benzene rings is 2. The van der Waals surface area contributed by atoms with Gasteiger partial charge < -0.3 is 14.9 Å². The molecule has 27 heavy (non-hydrogen) atoms. The highest BCUT2D eigenvalue weighted by molar-refractivity contribution is 9.10. The fourth-order valence-corrected chi connectivity index (χ4v) is 3.60. The Morgan fingerprint density at radius 2 is 1.85 bits per heavy atom. The predicted octanol–water partition coefficient (Wildman–Crippen LogP) is 4.25. The molecule has 0 unspecified atom stereocenters. The topological polar surface area (TPSA) is 96.7 Å². The molecule has 0 saturated carbocycles. The van der Waals surface area contributed by atoms with Gasteiger partial charge in [0.15, 0.2) is 11.5 Å². The number of aliphatic hydroxyl groups excluding tert-OH is 1. The number of Topliss-reactive ketones (excluding diaryl/α,β-unsaturated/α-hetero) is 1. The van der Waals surface area contributed by atoms with Gasteiger partial charge in [-0.05, 0) is 40.2 Å². The molecule has 1 aliphatic carbocycles. The molecular weight excluding hydrogens is 414 g/mol. The monoisotopic (exact) mass is 425 g/mol. The van der Waals surface area contributed by atoms with Gasteiger partial charge in [0, 0.05) is 23.4 Å².